The number of benzene rings is 2. The number of hydrogen-bond acceptors (Lipinski definition) is 5. The van der Waals surface area contributed by atoms with Crippen molar-refractivity contribution in [3.63, 3.8) is 0 Å². The number of anilines is 1. The second-order valence-corrected chi connectivity index (χ2v) is 7.61. The number of nitrogens with one attached hydrogen (secondary N) is 1. The Morgan fingerprint density at radius 2 is 1.75 bits per heavy atom. The first-order chi connectivity index (χ1) is 13.2. The standard InChI is InChI=1S/C21H26ClNO5/c1-21(2,3)28-10-9-27-18-12-16(11-17(13-18)26-4)23-19(20(24)25)14-5-7-15(22)8-6-14/h5-8,11-13,19,23H,9-10H2,1-4H3,(H,24,25). The van der Waals surface area contributed by atoms with Crippen LogP contribution in [0.2, 0.25) is 5.02 Å². The molecule has 7 heteroatoms. The van der Waals surface area contributed by atoms with Crippen molar-refractivity contribution in [1.29, 1.82) is 0 Å². The van der Waals surface area contributed by atoms with Crippen LogP contribution in [0.25, 0.3) is 0 Å². The minimum absolute atomic E-state index is 0.238. The highest BCUT2D eigenvalue weighted by Crippen LogP contribution is 2.29. The number of methoxy groups -OCH3 is 1. The van der Waals surface area contributed by atoms with Crippen molar-refractivity contribution >= 4 is 23.3 Å². The molecule has 0 saturated carbocycles. The van der Waals surface area contributed by atoms with Crippen LogP contribution in [-0.2, 0) is 9.53 Å². The van der Waals surface area contributed by atoms with E-state index in [4.69, 9.17) is 25.8 Å². The second kappa shape index (κ2) is 9.66. The first kappa shape index (κ1) is 21.9. The quantitative estimate of drug-likeness (QED) is 0.582. The fourth-order valence-corrected chi connectivity index (χ4v) is 2.60. The first-order valence-corrected chi connectivity index (χ1v) is 9.26. The number of carboxylic acids is 1. The largest absolute Gasteiger partial charge is 0.497 e. The van der Waals surface area contributed by atoms with E-state index in [0.29, 0.717) is 41.0 Å². The van der Waals surface area contributed by atoms with Gasteiger partial charge < -0.3 is 24.6 Å². The summed E-state index contributed by atoms with van der Waals surface area (Å²) in [4.78, 5) is 11.8. The molecule has 1 unspecified atom stereocenters. The van der Waals surface area contributed by atoms with Gasteiger partial charge in [0.1, 0.15) is 18.1 Å². The maximum Gasteiger partial charge on any atom is 0.330 e. The molecule has 0 fully saturated rings. The summed E-state index contributed by atoms with van der Waals surface area (Å²) in [7, 11) is 1.54. The molecule has 0 aliphatic rings. The van der Waals surface area contributed by atoms with Gasteiger partial charge in [-0.2, -0.15) is 0 Å². The van der Waals surface area contributed by atoms with Crippen molar-refractivity contribution in [2.75, 3.05) is 25.6 Å². The van der Waals surface area contributed by atoms with Gasteiger partial charge in [0.25, 0.3) is 0 Å². The molecule has 0 aromatic heterocycles. The fraction of sp³-hybridized carbons (Fsp3) is 0.381. The number of hydrogen-bond donors (Lipinski definition) is 2. The van der Waals surface area contributed by atoms with Crippen LogP contribution < -0.4 is 14.8 Å². The molecule has 2 aromatic carbocycles. The summed E-state index contributed by atoms with van der Waals surface area (Å²) in [6.45, 7) is 6.73. The van der Waals surface area contributed by atoms with E-state index in [1.165, 1.54) is 0 Å². The molecule has 28 heavy (non-hydrogen) atoms. The lowest BCUT2D eigenvalue weighted by molar-refractivity contribution is -0.138. The van der Waals surface area contributed by atoms with Crippen molar-refractivity contribution < 1.29 is 24.1 Å². The van der Waals surface area contributed by atoms with Crippen LogP contribution in [0.1, 0.15) is 32.4 Å². The van der Waals surface area contributed by atoms with Gasteiger partial charge in [0.05, 0.1) is 19.3 Å². The zero-order valence-electron chi connectivity index (χ0n) is 16.5. The average molecular weight is 408 g/mol. The van der Waals surface area contributed by atoms with Gasteiger partial charge in [0.15, 0.2) is 6.04 Å². The summed E-state index contributed by atoms with van der Waals surface area (Å²) in [5.41, 5.74) is 0.909. The molecule has 0 spiro atoms. The van der Waals surface area contributed by atoms with Crippen LogP contribution in [0.4, 0.5) is 5.69 Å². The lowest BCUT2D eigenvalue weighted by Gasteiger charge is -2.20. The molecule has 0 saturated heterocycles. The number of aliphatic carboxylic acids is 1. The fourth-order valence-electron chi connectivity index (χ4n) is 2.47. The Bertz CT molecular complexity index is 786. The highest BCUT2D eigenvalue weighted by molar-refractivity contribution is 6.30. The summed E-state index contributed by atoms with van der Waals surface area (Å²) in [5, 5.41) is 13.2. The van der Waals surface area contributed by atoms with E-state index in [1.807, 2.05) is 20.8 Å². The molecule has 152 valence electrons. The van der Waals surface area contributed by atoms with Crippen molar-refractivity contribution in [3.8, 4) is 11.5 Å². The molecule has 2 aromatic rings. The molecule has 0 amide bonds. The Morgan fingerprint density at radius 3 is 2.32 bits per heavy atom. The normalized spacial score (nSPS) is 12.3. The molecule has 0 aliphatic heterocycles. The van der Waals surface area contributed by atoms with Crippen molar-refractivity contribution in [2.45, 2.75) is 32.4 Å². The van der Waals surface area contributed by atoms with Crippen molar-refractivity contribution in [2.24, 2.45) is 0 Å². The van der Waals surface area contributed by atoms with Gasteiger partial charge in [0.2, 0.25) is 0 Å². The predicted molar refractivity (Wildman–Crippen MR) is 110 cm³/mol. The topological polar surface area (TPSA) is 77.0 Å². The van der Waals surface area contributed by atoms with E-state index in [1.54, 1.807) is 49.6 Å². The molecule has 0 heterocycles. The van der Waals surface area contributed by atoms with Crippen LogP contribution in [-0.4, -0.2) is 37.0 Å². The van der Waals surface area contributed by atoms with Gasteiger partial charge in [-0.05, 0) is 38.5 Å². The maximum atomic E-state index is 11.8. The summed E-state index contributed by atoms with van der Waals surface area (Å²) in [6.07, 6.45) is 0. The number of carboxylic acid groups (broad SMARTS) is 1. The summed E-state index contributed by atoms with van der Waals surface area (Å²) < 4.78 is 16.7. The molecule has 2 rings (SSSR count). The second-order valence-electron chi connectivity index (χ2n) is 7.17. The molecule has 0 aliphatic carbocycles. The van der Waals surface area contributed by atoms with E-state index in [2.05, 4.69) is 5.32 Å². The summed E-state index contributed by atoms with van der Waals surface area (Å²) in [6, 6.07) is 10.9. The minimum Gasteiger partial charge on any atom is -0.497 e. The third-order valence-electron chi connectivity index (χ3n) is 3.76. The van der Waals surface area contributed by atoms with E-state index < -0.39 is 12.0 Å². The van der Waals surface area contributed by atoms with Crippen molar-refractivity contribution in [3.05, 3.63) is 53.1 Å². The Balaban J connectivity index is 2.14. The van der Waals surface area contributed by atoms with E-state index in [-0.39, 0.29) is 5.60 Å². The van der Waals surface area contributed by atoms with E-state index in [0.717, 1.165) is 0 Å². The smallest absolute Gasteiger partial charge is 0.330 e. The number of ether oxygens (including phenoxy) is 3. The van der Waals surface area contributed by atoms with Crippen molar-refractivity contribution in [1.82, 2.24) is 0 Å². The molecule has 2 N–H and O–H groups in total. The lowest BCUT2D eigenvalue weighted by atomic mass is 10.1. The SMILES string of the molecule is COc1cc(NC(C(=O)O)c2ccc(Cl)cc2)cc(OCCOC(C)(C)C)c1. The van der Waals surface area contributed by atoms with Crippen LogP contribution in [0, 0.1) is 0 Å². The van der Waals surface area contributed by atoms with Crippen LogP contribution in [0.5, 0.6) is 11.5 Å². The number of halogens is 1. The zero-order valence-corrected chi connectivity index (χ0v) is 17.2. The van der Waals surface area contributed by atoms with Gasteiger partial charge in [-0.25, -0.2) is 4.79 Å². The number of rotatable bonds is 9. The zero-order chi connectivity index (χ0) is 20.7. The maximum absolute atomic E-state index is 11.8. The Labute approximate surface area is 170 Å². The summed E-state index contributed by atoms with van der Waals surface area (Å²) >= 11 is 5.89. The van der Waals surface area contributed by atoms with Gasteiger partial charge in [-0.3, -0.25) is 0 Å². The third-order valence-corrected chi connectivity index (χ3v) is 4.02. The highest BCUT2D eigenvalue weighted by Gasteiger charge is 2.20. The lowest BCUT2D eigenvalue weighted by Crippen LogP contribution is -2.22. The Hall–Kier alpha value is -2.44. The van der Waals surface area contributed by atoms with Crippen LogP contribution in [0.15, 0.2) is 42.5 Å². The minimum atomic E-state index is -1.01. The first-order valence-electron chi connectivity index (χ1n) is 8.88. The van der Waals surface area contributed by atoms with Crippen LogP contribution >= 0.6 is 11.6 Å². The molecule has 6 nitrogen and oxygen atoms in total. The van der Waals surface area contributed by atoms with E-state index >= 15 is 0 Å². The molecular weight excluding hydrogens is 382 g/mol. The van der Waals surface area contributed by atoms with Gasteiger partial charge in [-0.1, -0.05) is 23.7 Å². The van der Waals surface area contributed by atoms with Crippen LogP contribution in [0.3, 0.4) is 0 Å². The van der Waals surface area contributed by atoms with Gasteiger partial charge in [0, 0.05) is 28.9 Å². The average Bonchev–Trinajstić information content (AvgIpc) is 2.63. The molecule has 0 radical (unpaired) electrons. The Morgan fingerprint density at radius 1 is 1.11 bits per heavy atom. The molecule has 1 atom stereocenters. The monoisotopic (exact) mass is 407 g/mol. The number of carbonyl (C=O) groups is 1. The molecule has 0 bridgehead atoms. The highest BCUT2D eigenvalue weighted by atomic mass is 35.5. The molecular formula is C21H26ClNO5. The summed E-state index contributed by atoms with van der Waals surface area (Å²) in [5.74, 6) is 0.0998. The predicted octanol–water partition coefficient (Wildman–Crippen LogP) is 4.78. The van der Waals surface area contributed by atoms with E-state index in [9.17, 15) is 9.90 Å². The Kier molecular flexibility index (Phi) is 7.54. The third kappa shape index (κ3) is 6.94. The van der Waals surface area contributed by atoms with Gasteiger partial charge >= 0.3 is 5.97 Å². The van der Waals surface area contributed by atoms with Gasteiger partial charge in [-0.15, -0.1) is 0 Å².